The summed E-state index contributed by atoms with van der Waals surface area (Å²) in [5.74, 6) is 0. The molecule has 106 valence electrons. The van der Waals surface area contributed by atoms with E-state index in [0.717, 1.165) is 17.7 Å². The average Bonchev–Trinajstić information content (AvgIpc) is 2.33. The summed E-state index contributed by atoms with van der Waals surface area (Å²) in [7, 11) is 0. The molecule has 0 saturated heterocycles. The molecule has 0 atom stereocenters. The van der Waals surface area contributed by atoms with E-state index in [1.807, 2.05) is 13.0 Å². The zero-order valence-electron chi connectivity index (χ0n) is 10.6. The van der Waals surface area contributed by atoms with Crippen molar-refractivity contribution in [3.8, 4) is 0 Å². The number of hydrogen-bond donors (Lipinski definition) is 2. The third-order valence-electron chi connectivity index (χ3n) is 2.77. The Morgan fingerprint density at radius 2 is 1.70 bits per heavy atom. The summed E-state index contributed by atoms with van der Waals surface area (Å²) in [5.41, 5.74) is 6.82. The van der Waals surface area contributed by atoms with Gasteiger partial charge in [0.2, 0.25) is 0 Å². The minimum atomic E-state index is -4.41. The van der Waals surface area contributed by atoms with Crippen molar-refractivity contribution in [1.82, 2.24) is 0 Å². The lowest BCUT2D eigenvalue weighted by molar-refractivity contribution is -0.137. The van der Waals surface area contributed by atoms with Gasteiger partial charge in [0, 0.05) is 0 Å². The number of nitrogens with two attached hydrogens (primary N) is 1. The van der Waals surface area contributed by atoms with Gasteiger partial charge in [0.25, 0.3) is 0 Å². The first-order valence-electron chi connectivity index (χ1n) is 5.77. The second-order valence-electron chi connectivity index (χ2n) is 4.41. The number of anilines is 3. The fourth-order valence-corrected chi connectivity index (χ4v) is 2.00. The number of hydrogen-bond acceptors (Lipinski definition) is 2. The normalized spacial score (nSPS) is 11.4. The van der Waals surface area contributed by atoms with Gasteiger partial charge in [-0.1, -0.05) is 17.7 Å². The number of benzene rings is 2. The zero-order valence-corrected chi connectivity index (χ0v) is 11.3. The second kappa shape index (κ2) is 5.25. The number of alkyl halides is 3. The number of aryl methyl sites for hydroxylation is 1. The van der Waals surface area contributed by atoms with E-state index >= 15 is 0 Å². The first kappa shape index (κ1) is 14.5. The Morgan fingerprint density at radius 1 is 1.05 bits per heavy atom. The third-order valence-corrected chi connectivity index (χ3v) is 3.09. The number of rotatable bonds is 2. The molecule has 20 heavy (non-hydrogen) atoms. The van der Waals surface area contributed by atoms with Gasteiger partial charge in [-0.15, -0.1) is 0 Å². The molecule has 0 fully saturated rings. The minimum Gasteiger partial charge on any atom is -0.397 e. The van der Waals surface area contributed by atoms with Crippen molar-refractivity contribution in [1.29, 1.82) is 0 Å². The predicted molar refractivity (Wildman–Crippen MR) is 75.3 cm³/mol. The van der Waals surface area contributed by atoms with E-state index in [1.165, 1.54) is 6.07 Å². The molecule has 0 aliphatic rings. The van der Waals surface area contributed by atoms with Gasteiger partial charge in [-0.2, -0.15) is 13.2 Å². The van der Waals surface area contributed by atoms with Gasteiger partial charge >= 0.3 is 6.18 Å². The fraction of sp³-hybridized carbons (Fsp3) is 0.143. The highest BCUT2D eigenvalue weighted by atomic mass is 35.5. The van der Waals surface area contributed by atoms with E-state index in [9.17, 15) is 13.2 Å². The molecule has 2 nitrogen and oxygen atoms in total. The predicted octanol–water partition coefficient (Wildman–Crippen LogP) is 4.99. The quantitative estimate of drug-likeness (QED) is 0.767. The van der Waals surface area contributed by atoms with Gasteiger partial charge < -0.3 is 11.1 Å². The average molecular weight is 301 g/mol. The molecule has 0 heterocycles. The van der Waals surface area contributed by atoms with Crippen LogP contribution in [0.2, 0.25) is 5.02 Å². The Balaban J connectivity index is 2.30. The van der Waals surface area contributed by atoms with Gasteiger partial charge in [-0.3, -0.25) is 0 Å². The number of nitrogen functional groups attached to an aromatic ring is 1. The smallest absolute Gasteiger partial charge is 0.397 e. The van der Waals surface area contributed by atoms with Crippen LogP contribution in [0.25, 0.3) is 0 Å². The van der Waals surface area contributed by atoms with Crippen LogP contribution in [-0.2, 0) is 6.18 Å². The summed E-state index contributed by atoms with van der Waals surface area (Å²) >= 11 is 6.05. The standard InChI is InChI=1S/C14H12ClF3N2/c1-8-2-4-12(10(15)6-8)20-13-5-3-9(7-11(13)19)14(16,17)18/h2-7,20H,19H2,1H3. The molecule has 2 rings (SSSR count). The summed E-state index contributed by atoms with van der Waals surface area (Å²) < 4.78 is 37.6. The Labute approximate surface area is 119 Å². The Kier molecular flexibility index (Phi) is 3.81. The summed E-state index contributed by atoms with van der Waals surface area (Å²) in [6.07, 6.45) is -4.41. The van der Waals surface area contributed by atoms with Gasteiger partial charge in [-0.05, 0) is 42.8 Å². The molecule has 0 aliphatic carbocycles. The molecule has 0 aliphatic heterocycles. The largest absolute Gasteiger partial charge is 0.416 e. The van der Waals surface area contributed by atoms with E-state index in [1.54, 1.807) is 12.1 Å². The van der Waals surface area contributed by atoms with Crippen LogP contribution in [-0.4, -0.2) is 0 Å². The molecule has 0 amide bonds. The monoisotopic (exact) mass is 300 g/mol. The summed E-state index contributed by atoms with van der Waals surface area (Å²) in [5, 5.41) is 3.40. The molecule has 6 heteroatoms. The molecule has 2 aromatic carbocycles. The molecule has 0 spiro atoms. The lowest BCUT2D eigenvalue weighted by atomic mass is 10.1. The van der Waals surface area contributed by atoms with Crippen LogP contribution in [0.3, 0.4) is 0 Å². The maximum absolute atomic E-state index is 12.5. The van der Waals surface area contributed by atoms with Crippen LogP contribution >= 0.6 is 11.6 Å². The van der Waals surface area contributed by atoms with Crippen LogP contribution in [0, 0.1) is 6.92 Å². The van der Waals surface area contributed by atoms with E-state index < -0.39 is 11.7 Å². The Hall–Kier alpha value is -1.88. The maximum atomic E-state index is 12.5. The summed E-state index contributed by atoms with van der Waals surface area (Å²) in [4.78, 5) is 0. The zero-order chi connectivity index (χ0) is 14.9. The number of halogens is 4. The fourth-order valence-electron chi connectivity index (χ4n) is 1.72. The molecular weight excluding hydrogens is 289 g/mol. The second-order valence-corrected chi connectivity index (χ2v) is 4.82. The first-order valence-corrected chi connectivity index (χ1v) is 6.15. The van der Waals surface area contributed by atoms with E-state index in [0.29, 0.717) is 16.4 Å². The number of nitrogens with one attached hydrogen (secondary N) is 1. The SMILES string of the molecule is Cc1ccc(Nc2ccc(C(F)(F)F)cc2N)c(Cl)c1. The topological polar surface area (TPSA) is 38.0 Å². The molecular formula is C14H12ClF3N2. The molecule has 0 radical (unpaired) electrons. The van der Waals surface area contributed by atoms with Crippen LogP contribution in [0.4, 0.5) is 30.2 Å². The van der Waals surface area contributed by atoms with E-state index in [4.69, 9.17) is 17.3 Å². The van der Waals surface area contributed by atoms with Crippen molar-refractivity contribution in [2.45, 2.75) is 13.1 Å². The Morgan fingerprint density at radius 3 is 2.25 bits per heavy atom. The summed E-state index contributed by atoms with van der Waals surface area (Å²) in [6.45, 7) is 1.89. The van der Waals surface area contributed by atoms with Crippen molar-refractivity contribution >= 4 is 28.7 Å². The Bertz CT molecular complexity index is 639. The van der Waals surface area contributed by atoms with Crippen molar-refractivity contribution in [2.24, 2.45) is 0 Å². The van der Waals surface area contributed by atoms with Crippen molar-refractivity contribution in [3.05, 3.63) is 52.5 Å². The molecule has 2 aromatic rings. The molecule has 0 aromatic heterocycles. The van der Waals surface area contributed by atoms with Gasteiger partial charge in [0.1, 0.15) is 0 Å². The maximum Gasteiger partial charge on any atom is 0.416 e. The van der Waals surface area contributed by atoms with Gasteiger partial charge in [0.05, 0.1) is 27.6 Å². The van der Waals surface area contributed by atoms with Gasteiger partial charge in [0.15, 0.2) is 0 Å². The first-order chi connectivity index (χ1) is 9.27. The highest BCUT2D eigenvalue weighted by Gasteiger charge is 2.30. The highest BCUT2D eigenvalue weighted by Crippen LogP contribution is 2.34. The highest BCUT2D eigenvalue weighted by molar-refractivity contribution is 6.33. The molecule has 3 N–H and O–H groups in total. The van der Waals surface area contributed by atoms with Crippen LogP contribution in [0.15, 0.2) is 36.4 Å². The summed E-state index contributed by atoms with van der Waals surface area (Å²) in [6, 6.07) is 8.49. The lowest BCUT2D eigenvalue weighted by Gasteiger charge is -2.13. The van der Waals surface area contributed by atoms with Crippen LogP contribution in [0.1, 0.15) is 11.1 Å². The van der Waals surface area contributed by atoms with Crippen LogP contribution in [0.5, 0.6) is 0 Å². The molecule has 0 bridgehead atoms. The van der Waals surface area contributed by atoms with Crippen molar-refractivity contribution in [3.63, 3.8) is 0 Å². The van der Waals surface area contributed by atoms with Crippen LogP contribution < -0.4 is 11.1 Å². The van der Waals surface area contributed by atoms with Crippen molar-refractivity contribution in [2.75, 3.05) is 11.1 Å². The lowest BCUT2D eigenvalue weighted by Crippen LogP contribution is -2.06. The van der Waals surface area contributed by atoms with Gasteiger partial charge in [-0.25, -0.2) is 0 Å². The molecule has 0 unspecified atom stereocenters. The third kappa shape index (κ3) is 3.17. The molecule has 0 saturated carbocycles. The van der Waals surface area contributed by atoms with E-state index in [2.05, 4.69) is 5.32 Å². The van der Waals surface area contributed by atoms with E-state index in [-0.39, 0.29) is 5.69 Å². The van der Waals surface area contributed by atoms with Crippen molar-refractivity contribution < 1.29 is 13.2 Å². The minimum absolute atomic E-state index is 0.0106.